The van der Waals surface area contributed by atoms with E-state index in [1.165, 1.54) is 0 Å². The number of aryl methyl sites for hydroxylation is 1. The molecule has 1 amide bonds. The Morgan fingerprint density at radius 1 is 1.50 bits per heavy atom. The van der Waals surface area contributed by atoms with Crippen molar-refractivity contribution in [3.63, 3.8) is 0 Å². The molecule has 0 saturated carbocycles. The predicted molar refractivity (Wildman–Crippen MR) is 71.5 cm³/mol. The van der Waals surface area contributed by atoms with E-state index in [0.717, 1.165) is 30.6 Å². The van der Waals surface area contributed by atoms with Crippen molar-refractivity contribution >= 4 is 5.91 Å². The van der Waals surface area contributed by atoms with Gasteiger partial charge in [-0.2, -0.15) is 0 Å². The lowest BCUT2D eigenvalue weighted by atomic mass is 10.0. The molecule has 98 valence electrons. The number of carbonyl (C=O) groups excluding carboxylic acids is 1. The minimum atomic E-state index is 0.0762. The topological polar surface area (TPSA) is 38.3 Å². The molecule has 1 heterocycles. The molecule has 2 atom stereocenters. The van der Waals surface area contributed by atoms with Gasteiger partial charge in [-0.25, -0.2) is 0 Å². The monoisotopic (exact) mass is 247 g/mol. The zero-order chi connectivity index (χ0) is 13.0. The highest BCUT2D eigenvalue weighted by atomic mass is 16.5. The molecule has 0 radical (unpaired) electrons. The minimum Gasteiger partial charge on any atom is -0.376 e. The van der Waals surface area contributed by atoms with Crippen LogP contribution in [-0.2, 0) is 16.0 Å². The molecule has 2 rings (SSSR count). The van der Waals surface area contributed by atoms with Crippen LogP contribution < -0.4 is 5.32 Å². The molecule has 18 heavy (non-hydrogen) atoms. The summed E-state index contributed by atoms with van der Waals surface area (Å²) in [5, 5.41) is 3.03. The normalized spacial score (nSPS) is 20.7. The first-order valence-corrected chi connectivity index (χ1v) is 6.62. The fourth-order valence-corrected chi connectivity index (χ4v) is 2.38. The lowest BCUT2D eigenvalue weighted by Crippen LogP contribution is -2.41. The minimum absolute atomic E-state index is 0.0762. The molecule has 2 unspecified atom stereocenters. The zero-order valence-electron chi connectivity index (χ0n) is 11.1. The highest BCUT2D eigenvalue weighted by Crippen LogP contribution is 2.15. The van der Waals surface area contributed by atoms with Gasteiger partial charge in [0.1, 0.15) is 0 Å². The van der Waals surface area contributed by atoms with E-state index in [4.69, 9.17) is 4.74 Å². The lowest BCUT2D eigenvalue weighted by Gasteiger charge is -2.20. The Morgan fingerprint density at radius 2 is 2.28 bits per heavy atom. The SMILES string of the molecule is Cc1ccccc1CC(=O)NC(C)C1CCCO1. The molecule has 1 aromatic carbocycles. The van der Waals surface area contributed by atoms with Gasteiger partial charge in [0.05, 0.1) is 18.6 Å². The van der Waals surface area contributed by atoms with Gasteiger partial charge in [-0.15, -0.1) is 0 Å². The summed E-state index contributed by atoms with van der Waals surface area (Å²) < 4.78 is 5.57. The molecule has 0 spiro atoms. The van der Waals surface area contributed by atoms with Crippen molar-refractivity contribution < 1.29 is 9.53 Å². The quantitative estimate of drug-likeness (QED) is 0.886. The fourth-order valence-electron chi connectivity index (χ4n) is 2.38. The third kappa shape index (κ3) is 3.33. The maximum atomic E-state index is 12.0. The third-order valence-electron chi connectivity index (χ3n) is 3.52. The summed E-state index contributed by atoms with van der Waals surface area (Å²) in [6.45, 7) is 4.88. The number of rotatable bonds is 4. The van der Waals surface area contributed by atoms with Crippen LogP contribution in [0.4, 0.5) is 0 Å². The lowest BCUT2D eigenvalue weighted by molar-refractivity contribution is -0.121. The summed E-state index contributed by atoms with van der Waals surface area (Å²) in [6, 6.07) is 8.10. The Balaban J connectivity index is 1.86. The molecule has 1 fully saturated rings. The van der Waals surface area contributed by atoms with Gasteiger partial charge < -0.3 is 10.1 Å². The standard InChI is InChI=1S/C15H21NO2/c1-11-6-3-4-7-13(11)10-15(17)16-12(2)14-8-5-9-18-14/h3-4,6-7,12,14H,5,8-10H2,1-2H3,(H,16,17). The maximum absolute atomic E-state index is 12.0. The van der Waals surface area contributed by atoms with Crippen molar-refractivity contribution in [1.82, 2.24) is 5.32 Å². The largest absolute Gasteiger partial charge is 0.376 e. The predicted octanol–water partition coefficient (Wildman–Crippen LogP) is 2.22. The second-order valence-electron chi connectivity index (χ2n) is 5.01. The average Bonchev–Trinajstić information content (AvgIpc) is 2.85. The number of hydrogen-bond donors (Lipinski definition) is 1. The second-order valence-corrected chi connectivity index (χ2v) is 5.01. The van der Waals surface area contributed by atoms with E-state index in [-0.39, 0.29) is 18.1 Å². The van der Waals surface area contributed by atoms with E-state index in [2.05, 4.69) is 5.32 Å². The Hall–Kier alpha value is -1.35. The first-order chi connectivity index (χ1) is 8.66. The second kappa shape index (κ2) is 6.01. The number of carbonyl (C=O) groups is 1. The van der Waals surface area contributed by atoms with E-state index >= 15 is 0 Å². The molecule has 1 aromatic rings. The summed E-state index contributed by atoms with van der Waals surface area (Å²) in [5.74, 6) is 0.0762. The summed E-state index contributed by atoms with van der Waals surface area (Å²) >= 11 is 0. The van der Waals surface area contributed by atoms with E-state index in [9.17, 15) is 4.79 Å². The number of nitrogens with one attached hydrogen (secondary N) is 1. The van der Waals surface area contributed by atoms with Gasteiger partial charge in [-0.3, -0.25) is 4.79 Å². The van der Waals surface area contributed by atoms with Crippen molar-refractivity contribution in [3.05, 3.63) is 35.4 Å². The summed E-state index contributed by atoms with van der Waals surface area (Å²) in [6.07, 6.45) is 2.78. The number of benzene rings is 1. The smallest absolute Gasteiger partial charge is 0.224 e. The molecule has 1 aliphatic heterocycles. The summed E-state index contributed by atoms with van der Waals surface area (Å²) in [4.78, 5) is 12.0. The van der Waals surface area contributed by atoms with E-state index in [0.29, 0.717) is 6.42 Å². The summed E-state index contributed by atoms with van der Waals surface area (Å²) in [7, 11) is 0. The van der Waals surface area contributed by atoms with Crippen molar-refractivity contribution in [2.24, 2.45) is 0 Å². The molecule has 0 aromatic heterocycles. The molecule has 0 aliphatic carbocycles. The van der Waals surface area contributed by atoms with Crippen LogP contribution in [0.3, 0.4) is 0 Å². The Kier molecular flexibility index (Phi) is 4.37. The van der Waals surface area contributed by atoms with Gasteiger partial charge in [0, 0.05) is 6.61 Å². The van der Waals surface area contributed by atoms with Crippen LogP contribution in [0.15, 0.2) is 24.3 Å². The molecule has 3 heteroatoms. The first kappa shape index (κ1) is 13.1. The fraction of sp³-hybridized carbons (Fsp3) is 0.533. The molecule has 3 nitrogen and oxygen atoms in total. The van der Waals surface area contributed by atoms with Gasteiger partial charge >= 0.3 is 0 Å². The van der Waals surface area contributed by atoms with Crippen molar-refractivity contribution in [3.8, 4) is 0 Å². The molecule has 1 N–H and O–H groups in total. The number of ether oxygens (including phenoxy) is 1. The summed E-state index contributed by atoms with van der Waals surface area (Å²) in [5.41, 5.74) is 2.26. The zero-order valence-corrected chi connectivity index (χ0v) is 11.1. The van der Waals surface area contributed by atoms with Gasteiger partial charge in [0.2, 0.25) is 5.91 Å². The van der Waals surface area contributed by atoms with Crippen LogP contribution in [-0.4, -0.2) is 24.7 Å². The van der Waals surface area contributed by atoms with Crippen molar-refractivity contribution in [1.29, 1.82) is 0 Å². The first-order valence-electron chi connectivity index (χ1n) is 6.62. The van der Waals surface area contributed by atoms with Crippen LogP contribution in [0.25, 0.3) is 0 Å². The molecule has 1 saturated heterocycles. The van der Waals surface area contributed by atoms with E-state index in [1.807, 2.05) is 38.1 Å². The molecular weight excluding hydrogens is 226 g/mol. The van der Waals surface area contributed by atoms with Crippen molar-refractivity contribution in [2.75, 3.05) is 6.61 Å². The number of hydrogen-bond acceptors (Lipinski definition) is 2. The van der Waals surface area contributed by atoms with Crippen LogP contribution in [0.5, 0.6) is 0 Å². The van der Waals surface area contributed by atoms with Crippen LogP contribution >= 0.6 is 0 Å². The van der Waals surface area contributed by atoms with Gasteiger partial charge in [0.15, 0.2) is 0 Å². The van der Waals surface area contributed by atoms with E-state index < -0.39 is 0 Å². The van der Waals surface area contributed by atoms with Crippen molar-refractivity contribution in [2.45, 2.75) is 45.3 Å². The van der Waals surface area contributed by atoms with Crippen LogP contribution in [0.1, 0.15) is 30.9 Å². The van der Waals surface area contributed by atoms with E-state index in [1.54, 1.807) is 0 Å². The highest BCUT2D eigenvalue weighted by Gasteiger charge is 2.23. The third-order valence-corrected chi connectivity index (χ3v) is 3.52. The molecule has 1 aliphatic rings. The Labute approximate surface area is 109 Å². The van der Waals surface area contributed by atoms with Gasteiger partial charge in [-0.1, -0.05) is 24.3 Å². The highest BCUT2D eigenvalue weighted by molar-refractivity contribution is 5.79. The van der Waals surface area contributed by atoms with Crippen LogP contribution in [0, 0.1) is 6.92 Å². The maximum Gasteiger partial charge on any atom is 0.224 e. The Morgan fingerprint density at radius 3 is 2.94 bits per heavy atom. The Bertz CT molecular complexity index is 411. The average molecular weight is 247 g/mol. The van der Waals surface area contributed by atoms with Gasteiger partial charge in [0.25, 0.3) is 0 Å². The van der Waals surface area contributed by atoms with Crippen LogP contribution in [0.2, 0.25) is 0 Å². The molecule has 0 bridgehead atoms. The van der Waals surface area contributed by atoms with Gasteiger partial charge in [-0.05, 0) is 37.8 Å². The molecular formula is C15H21NO2. The number of amides is 1.